The molecule has 0 aliphatic rings. The Labute approximate surface area is 134 Å². The van der Waals surface area contributed by atoms with E-state index in [9.17, 15) is 0 Å². The molecule has 0 radical (unpaired) electrons. The minimum absolute atomic E-state index is 0.684. The Kier molecular flexibility index (Phi) is 3.62. The second-order valence-corrected chi connectivity index (χ2v) is 5.85. The van der Waals surface area contributed by atoms with Crippen LogP contribution in [0.2, 0.25) is 5.02 Å². The molecule has 3 N–H and O–H groups in total. The molecule has 0 atom stereocenters. The van der Waals surface area contributed by atoms with Gasteiger partial charge in [-0.3, -0.25) is 0 Å². The molecule has 0 fully saturated rings. The molecular formula is C14H10ClIN4. The molecule has 3 rings (SSSR count). The van der Waals surface area contributed by atoms with Crippen molar-refractivity contribution < 1.29 is 0 Å². The molecule has 3 aromatic rings. The fourth-order valence-electron chi connectivity index (χ4n) is 1.89. The first-order valence-corrected chi connectivity index (χ1v) is 7.31. The SMILES string of the molecule is Nc1ccc2c(Nc3ccc(Cl)cc3I)ncnc2c1. The molecule has 4 nitrogen and oxygen atoms in total. The molecular weight excluding hydrogens is 387 g/mol. The molecule has 0 saturated heterocycles. The van der Waals surface area contributed by atoms with Gasteiger partial charge in [-0.25, -0.2) is 9.97 Å². The first-order valence-electron chi connectivity index (χ1n) is 5.86. The average Bonchev–Trinajstić information content (AvgIpc) is 2.41. The van der Waals surface area contributed by atoms with Crippen molar-refractivity contribution in [3.8, 4) is 0 Å². The van der Waals surface area contributed by atoms with Crippen LogP contribution < -0.4 is 11.1 Å². The number of halogens is 2. The predicted octanol–water partition coefficient (Wildman–Crippen LogP) is 4.21. The van der Waals surface area contributed by atoms with E-state index in [1.807, 2.05) is 36.4 Å². The summed E-state index contributed by atoms with van der Waals surface area (Å²) in [6.45, 7) is 0. The van der Waals surface area contributed by atoms with Gasteiger partial charge in [-0.05, 0) is 59.0 Å². The summed E-state index contributed by atoms with van der Waals surface area (Å²) in [5, 5.41) is 4.94. The first kappa shape index (κ1) is 13.4. The lowest BCUT2D eigenvalue weighted by atomic mass is 10.2. The highest BCUT2D eigenvalue weighted by Gasteiger charge is 2.06. The van der Waals surface area contributed by atoms with E-state index in [1.165, 1.54) is 6.33 Å². The summed E-state index contributed by atoms with van der Waals surface area (Å²) >= 11 is 8.19. The molecule has 2 aromatic carbocycles. The topological polar surface area (TPSA) is 63.8 Å². The standard InChI is InChI=1S/C14H10ClIN4/c15-8-1-4-12(11(16)5-8)20-14-10-3-2-9(17)6-13(10)18-7-19-14/h1-7H,17H2,(H,18,19,20). The molecule has 20 heavy (non-hydrogen) atoms. The fraction of sp³-hybridized carbons (Fsp3) is 0. The van der Waals surface area contributed by atoms with Crippen LogP contribution in [-0.2, 0) is 0 Å². The number of benzene rings is 2. The van der Waals surface area contributed by atoms with Crippen molar-refractivity contribution in [2.75, 3.05) is 11.1 Å². The molecule has 0 amide bonds. The molecule has 0 bridgehead atoms. The summed E-state index contributed by atoms with van der Waals surface area (Å²) in [5.74, 6) is 0.746. The van der Waals surface area contributed by atoms with Crippen LogP contribution in [-0.4, -0.2) is 9.97 Å². The van der Waals surface area contributed by atoms with E-state index in [0.29, 0.717) is 10.7 Å². The van der Waals surface area contributed by atoms with Gasteiger partial charge in [-0.1, -0.05) is 11.6 Å². The highest BCUT2D eigenvalue weighted by Crippen LogP contribution is 2.28. The third-order valence-corrected chi connectivity index (χ3v) is 3.97. The highest BCUT2D eigenvalue weighted by atomic mass is 127. The number of nitrogens with zero attached hydrogens (tertiary/aromatic N) is 2. The van der Waals surface area contributed by atoms with Gasteiger partial charge in [0.2, 0.25) is 0 Å². The van der Waals surface area contributed by atoms with Gasteiger partial charge in [-0.15, -0.1) is 0 Å². The fourth-order valence-corrected chi connectivity index (χ4v) is 2.90. The number of hydrogen-bond donors (Lipinski definition) is 2. The predicted molar refractivity (Wildman–Crippen MR) is 91.4 cm³/mol. The maximum atomic E-state index is 5.96. The molecule has 1 aromatic heterocycles. The molecule has 6 heteroatoms. The van der Waals surface area contributed by atoms with Gasteiger partial charge in [0.25, 0.3) is 0 Å². The van der Waals surface area contributed by atoms with Gasteiger partial charge >= 0.3 is 0 Å². The number of hydrogen-bond acceptors (Lipinski definition) is 4. The summed E-state index contributed by atoms with van der Waals surface area (Å²) in [6, 6.07) is 11.2. The van der Waals surface area contributed by atoms with Crippen molar-refractivity contribution in [3.05, 3.63) is 51.3 Å². The smallest absolute Gasteiger partial charge is 0.141 e. The Hall–Kier alpha value is -1.60. The van der Waals surface area contributed by atoms with E-state index >= 15 is 0 Å². The molecule has 1 heterocycles. The minimum atomic E-state index is 0.684. The summed E-state index contributed by atoms with van der Waals surface area (Å²) in [6.07, 6.45) is 1.52. The van der Waals surface area contributed by atoms with Crippen LogP contribution in [0, 0.1) is 3.57 Å². The zero-order chi connectivity index (χ0) is 14.1. The van der Waals surface area contributed by atoms with E-state index in [0.717, 1.165) is 26.0 Å². The number of rotatable bonds is 2. The summed E-state index contributed by atoms with van der Waals surface area (Å²) < 4.78 is 1.03. The van der Waals surface area contributed by atoms with Gasteiger partial charge in [0.05, 0.1) is 11.2 Å². The summed E-state index contributed by atoms with van der Waals surface area (Å²) in [7, 11) is 0. The van der Waals surface area contributed by atoms with Crippen LogP contribution >= 0.6 is 34.2 Å². The second kappa shape index (κ2) is 5.41. The van der Waals surface area contributed by atoms with Gasteiger partial charge < -0.3 is 11.1 Å². The highest BCUT2D eigenvalue weighted by molar-refractivity contribution is 14.1. The number of anilines is 3. The number of fused-ring (bicyclic) bond motifs is 1. The zero-order valence-corrected chi connectivity index (χ0v) is 13.2. The monoisotopic (exact) mass is 396 g/mol. The van der Waals surface area contributed by atoms with Crippen LogP contribution in [0.3, 0.4) is 0 Å². The number of aromatic nitrogens is 2. The largest absolute Gasteiger partial charge is 0.399 e. The number of nitrogens with two attached hydrogens (primary N) is 1. The average molecular weight is 397 g/mol. The minimum Gasteiger partial charge on any atom is -0.399 e. The molecule has 0 unspecified atom stereocenters. The van der Waals surface area contributed by atoms with E-state index in [1.54, 1.807) is 0 Å². The van der Waals surface area contributed by atoms with Crippen LogP contribution in [0.5, 0.6) is 0 Å². The molecule has 0 aliphatic carbocycles. The molecule has 0 spiro atoms. The maximum Gasteiger partial charge on any atom is 0.141 e. The van der Waals surface area contributed by atoms with Crippen molar-refractivity contribution in [3.63, 3.8) is 0 Å². The van der Waals surface area contributed by atoms with Gasteiger partial charge in [0.15, 0.2) is 0 Å². The van der Waals surface area contributed by atoms with Crippen LogP contribution in [0.15, 0.2) is 42.7 Å². The zero-order valence-electron chi connectivity index (χ0n) is 10.3. The lowest BCUT2D eigenvalue weighted by Crippen LogP contribution is -1.98. The Morgan fingerprint density at radius 3 is 2.75 bits per heavy atom. The normalized spacial score (nSPS) is 10.7. The number of nitrogen functional groups attached to an aromatic ring is 1. The van der Waals surface area contributed by atoms with Gasteiger partial charge in [0, 0.05) is 19.7 Å². The third kappa shape index (κ3) is 2.64. The maximum absolute atomic E-state index is 5.96. The number of nitrogens with one attached hydrogen (secondary N) is 1. The molecule has 0 saturated carbocycles. The summed E-state index contributed by atoms with van der Waals surface area (Å²) in [5.41, 5.74) is 8.22. The molecule has 100 valence electrons. The first-order chi connectivity index (χ1) is 9.63. The molecule has 0 aliphatic heterocycles. The van der Waals surface area contributed by atoms with Crippen molar-refractivity contribution in [2.45, 2.75) is 0 Å². The van der Waals surface area contributed by atoms with E-state index in [2.05, 4.69) is 37.9 Å². The van der Waals surface area contributed by atoms with Gasteiger partial charge in [0.1, 0.15) is 12.1 Å². The van der Waals surface area contributed by atoms with Crippen molar-refractivity contribution in [2.24, 2.45) is 0 Å². The van der Waals surface area contributed by atoms with E-state index < -0.39 is 0 Å². The summed E-state index contributed by atoms with van der Waals surface area (Å²) in [4.78, 5) is 8.52. The van der Waals surface area contributed by atoms with Crippen molar-refractivity contribution in [1.29, 1.82) is 0 Å². The lowest BCUT2D eigenvalue weighted by molar-refractivity contribution is 1.22. The van der Waals surface area contributed by atoms with Crippen molar-refractivity contribution in [1.82, 2.24) is 9.97 Å². The second-order valence-electron chi connectivity index (χ2n) is 4.25. The van der Waals surface area contributed by atoms with Crippen molar-refractivity contribution >= 4 is 62.3 Å². The Bertz CT molecular complexity index is 791. The Morgan fingerprint density at radius 1 is 1.10 bits per heavy atom. The third-order valence-electron chi connectivity index (χ3n) is 2.84. The van der Waals surface area contributed by atoms with Crippen LogP contribution in [0.1, 0.15) is 0 Å². The van der Waals surface area contributed by atoms with Crippen LogP contribution in [0.25, 0.3) is 10.9 Å². The van der Waals surface area contributed by atoms with E-state index in [4.69, 9.17) is 17.3 Å². The van der Waals surface area contributed by atoms with E-state index in [-0.39, 0.29) is 0 Å². The Morgan fingerprint density at radius 2 is 1.95 bits per heavy atom. The lowest BCUT2D eigenvalue weighted by Gasteiger charge is -2.10. The van der Waals surface area contributed by atoms with Crippen LogP contribution in [0.4, 0.5) is 17.2 Å². The Balaban J connectivity index is 2.06. The quantitative estimate of drug-likeness (QED) is 0.503. The van der Waals surface area contributed by atoms with Gasteiger partial charge in [-0.2, -0.15) is 0 Å².